The zero-order valence-electron chi connectivity index (χ0n) is 16.7. The van der Waals surface area contributed by atoms with Gasteiger partial charge in [-0.1, -0.05) is 48.5 Å². The van der Waals surface area contributed by atoms with E-state index in [9.17, 15) is 4.79 Å². The van der Waals surface area contributed by atoms with Gasteiger partial charge in [-0.25, -0.2) is 4.68 Å². The Morgan fingerprint density at radius 1 is 0.966 bits per heavy atom. The van der Waals surface area contributed by atoms with Gasteiger partial charge in [-0.15, -0.1) is 0 Å². The van der Waals surface area contributed by atoms with E-state index in [0.29, 0.717) is 18.9 Å². The highest BCUT2D eigenvalue weighted by atomic mass is 16.1. The maximum absolute atomic E-state index is 12.4. The molecule has 3 aromatic rings. The summed E-state index contributed by atoms with van der Waals surface area (Å²) in [6.45, 7) is 3.06. The van der Waals surface area contributed by atoms with Crippen LogP contribution in [0.4, 0.5) is 0 Å². The molecular weight excluding hydrogens is 360 g/mol. The Morgan fingerprint density at radius 2 is 1.66 bits per heavy atom. The first-order valence-corrected chi connectivity index (χ1v) is 10.4. The predicted molar refractivity (Wildman–Crippen MR) is 115 cm³/mol. The van der Waals surface area contributed by atoms with Crippen molar-refractivity contribution in [1.82, 2.24) is 20.0 Å². The fourth-order valence-corrected chi connectivity index (χ4v) is 3.85. The van der Waals surface area contributed by atoms with Gasteiger partial charge in [-0.05, 0) is 42.5 Å². The third-order valence-electron chi connectivity index (χ3n) is 5.50. The van der Waals surface area contributed by atoms with Crippen LogP contribution in [-0.4, -0.2) is 39.7 Å². The maximum Gasteiger partial charge on any atom is 0.220 e. The van der Waals surface area contributed by atoms with E-state index in [4.69, 9.17) is 0 Å². The molecule has 1 saturated heterocycles. The number of rotatable bonds is 7. The minimum absolute atomic E-state index is 0.138. The summed E-state index contributed by atoms with van der Waals surface area (Å²) in [7, 11) is 0. The maximum atomic E-state index is 12.4. The summed E-state index contributed by atoms with van der Waals surface area (Å²) in [5.41, 5.74) is 3.47. The van der Waals surface area contributed by atoms with Crippen LogP contribution in [0.2, 0.25) is 0 Å². The van der Waals surface area contributed by atoms with Crippen molar-refractivity contribution in [3.8, 4) is 5.69 Å². The molecule has 1 aromatic heterocycles. The van der Waals surface area contributed by atoms with Gasteiger partial charge in [0.15, 0.2) is 0 Å². The number of amides is 1. The van der Waals surface area contributed by atoms with Crippen LogP contribution >= 0.6 is 0 Å². The number of carbonyl (C=O) groups excluding carboxylic acids is 1. The van der Waals surface area contributed by atoms with Crippen molar-refractivity contribution >= 4 is 5.91 Å². The second-order valence-electron chi connectivity index (χ2n) is 7.73. The molecule has 1 aliphatic rings. The molecule has 0 saturated carbocycles. The summed E-state index contributed by atoms with van der Waals surface area (Å²) < 4.78 is 1.86. The van der Waals surface area contributed by atoms with Crippen molar-refractivity contribution in [1.29, 1.82) is 0 Å². The molecule has 5 heteroatoms. The molecule has 4 rings (SSSR count). The lowest BCUT2D eigenvalue weighted by Crippen LogP contribution is -2.44. The zero-order chi connectivity index (χ0) is 19.9. The summed E-state index contributed by atoms with van der Waals surface area (Å²) in [5, 5.41) is 7.62. The average molecular weight is 389 g/mol. The van der Waals surface area contributed by atoms with Crippen LogP contribution in [0.25, 0.3) is 5.69 Å². The van der Waals surface area contributed by atoms with E-state index >= 15 is 0 Å². The Bertz CT molecular complexity index is 899. The zero-order valence-corrected chi connectivity index (χ0v) is 16.7. The lowest BCUT2D eigenvalue weighted by atomic mass is 10.0. The van der Waals surface area contributed by atoms with E-state index in [1.165, 1.54) is 5.56 Å². The Hall–Kier alpha value is -2.92. The summed E-state index contributed by atoms with van der Waals surface area (Å²) >= 11 is 0. The van der Waals surface area contributed by atoms with Gasteiger partial charge in [0.05, 0.1) is 11.9 Å². The molecule has 0 unspecified atom stereocenters. The second-order valence-corrected chi connectivity index (χ2v) is 7.73. The Labute approximate surface area is 172 Å². The molecule has 1 amide bonds. The number of nitrogens with zero attached hydrogens (tertiary/aromatic N) is 3. The predicted octanol–water partition coefficient (Wildman–Crippen LogP) is 3.59. The van der Waals surface area contributed by atoms with Crippen molar-refractivity contribution in [2.45, 2.75) is 38.3 Å². The lowest BCUT2D eigenvalue weighted by molar-refractivity contribution is -0.122. The van der Waals surface area contributed by atoms with Gasteiger partial charge >= 0.3 is 0 Å². The lowest BCUT2D eigenvalue weighted by Gasteiger charge is -2.32. The van der Waals surface area contributed by atoms with E-state index in [-0.39, 0.29) is 5.91 Å². The number of carbonyl (C=O) groups is 1. The molecule has 0 bridgehead atoms. The summed E-state index contributed by atoms with van der Waals surface area (Å²) in [6, 6.07) is 20.9. The summed E-state index contributed by atoms with van der Waals surface area (Å²) in [6.07, 6.45) is 7.11. The van der Waals surface area contributed by atoms with Crippen LogP contribution in [0.3, 0.4) is 0 Å². The third kappa shape index (κ3) is 5.55. The Kier molecular flexibility index (Phi) is 6.37. The van der Waals surface area contributed by atoms with E-state index in [0.717, 1.165) is 43.7 Å². The van der Waals surface area contributed by atoms with Crippen LogP contribution in [0.1, 0.15) is 30.4 Å². The number of hydrogen-bond acceptors (Lipinski definition) is 3. The molecule has 0 aliphatic carbocycles. The quantitative estimate of drug-likeness (QED) is 0.673. The van der Waals surface area contributed by atoms with Gasteiger partial charge in [0, 0.05) is 38.3 Å². The first kappa shape index (κ1) is 19.4. The Balaban J connectivity index is 1.18. The molecule has 29 heavy (non-hydrogen) atoms. The molecule has 0 atom stereocenters. The highest BCUT2D eigenvalue weighted by Crippen LogP contribution is 2.14. The van der Waals surface area contributed by atoms with Gasteiger partial charge in [-0.3, -0.25) is 9.69 Å². The molecular formula is C24H28N4O. The van der Waals surface area contributed by atoms with Crippen LogP contribution in [0, 0.1) is 0 Å². The van der Waals surface area contributed by atoms with Crippen LogP contribution in [0.5, 0.6) is 0 Å². The summed E-state index contributed by atoms with van der Waals surface area (Å²) in [4.78, 5) is 14.9. The normalized spacial score (nSPS) is 15.3. The third-order valence-corrected chi connectivity index (χ3v) is 5.50. The fourth-order valence-electron chi connectivity index (χ4n) is 3.85. The Morgan fingerprint density at radius 3 is 2.38 bits per heavy atom. The van der Waals surface area contributed by atoms with Gasteiger partial charge in [0.25, 0.3) is 0 Å². The first-order valence-electron chi connectivity index (χ1n) is 10.4. The van der Waals surface area contributed by atoms with E-state index in [2.05, 4.69) is 45.6 Å². The van der Waals surface area contributed by atoms with Crippen molar-refractivity contribution in [3.63, 3.8) is 0 Å². The molecule has 150 valence electrons. The molecule has 1 fully saturated rings. The van der Waals surface area contributed by atoms with Gasteiger partial charge in [0.1, 0.15) is 0 Å². The number of hydrogen-bond donors (Lipinski definition) is 1. The van der Waals surface area contributed by atoms with Crippen LogP contribution in [-0.2, 0) is 17.8 Å². The van der Waals surface area contributed by atoms with E-state index in [1.54, 1.807) is 0 Å². The van der Waals surface area contributed by atoms with Crippen molar-refractivity contribution in [2.24, 2.45) is 0 Å². The SMILES string of the molecule is O=C(CCc1cnn(-c2ccccc2)c1)NC1CCN(Cc2ccccc2)CC1. The minimum Gasteiger partial charge on any atom is -0.353 e. The highest BCUT2D eigenvalue weighted by molar-refractivity contribution is 5.76. The van der Waals surface area contributed by atoms with E-state index in [1.807, 2.05) is 47.4 Å². The van der Waals surface area contributed by atoms with Gasteiger partial charge in [-0.2, -0.15) is 5.10 Å². The molecule has 2 heterocycles. The number of piperidine rings is 1. The van der Waals surface area contributed by atoms with Crippen LogP contribution < -0.4 is 5.32 Å². The standard InChI is InChI=1S/C24H28N4O/c29-24(12-11-21-17-25-28(19-21)23-9-5-2-6-10-23)26-22-13-15-27(16-14-22)18-20-7-3-1-4-8-20/h1-10,17,19,22H,11-16,18H2,(H,26,29). The van der Waals surface area contributed by atoms with Crippen molar-refractivity contribution in [3.05, 3.63) is 84.2 Å². The molecule has 5 nitrogen and oxygen atoms in total. The molecule has 1 aliphatic heterocycles. The highest BCUT2D eigenvalue weighted by Gasteiger charge is 2.20. The number of likely N-dealkylation sites (tertiary alicyclic amines) is 1. The molecule has 0 spiro atoms. The van der Waals surface area contributed by atoms with Crippen molar-refractivity contribution in [2.75, 3.05) is 13.1 Å². The average Bonchev–Trinajstić information content (AvgIpc) is 3.24. The number of aryl methyl sites for hydroxylation is 1. The first-order chi connectivity index (χ1) is 14.3. The number of para-hydroxylation sites is 1. The second kappa shape index (κ2) is 9.52. The largest absolute Gasteiger partial charge is 0.353 e. The van der Waals surface area contributed by atoms with Gasteiger partial charge in [0.2, 0.25) is 5.91 Å². The number of benzene rings is 2. The smallest absolute Gasteiger partial charge is 0.220 e. The van der Waals surface area contributed by atoms with E-state index < -0.39 is 0 Å². The topological polar surface area (TPSA) is 50.2 Å². The molecule has 0 radical (unpaired) electrons. The van der Waals surface area contributed by atoms with Crippen LogP contribution in [0.15, 0.2) is 73.1 Å². The fraction of sp³-hybridized carbons (Fsp3) is 0.333. The van der Waals surface area contributed by atoms with Crippen molar-refractivity contribution < 1.29 is 4.79 Å². The number of aromatic nitrogens is 2. The molecule has 2 aromatic carbocycles. The monoisotopic (exact) mass is 388 g/mol. The summed E-state index contributed by atoms with van der Waals surface area (Å²) in [5.74, 6) is 0.138. The molecule has 1 N–H and O–H groups in total. The van der Waals surface area contributed by atoms with Gasteiger partial charge < -0.3 is 5.32 Å². The number of nitrogens with one attached hydrogen (secondary N) is 1. The minimum atomic E-state index is 0.138.